The maximum absolute atomic E-state index is 10.1. The molecule has 0 aliphatic rings. The Morgan fingerprint density at radius 3 is 2.46 bits per heavy atom. The van der Waals surface area contributed by atoms with Crippen LogP contribution in [-0.4, -0.2) is 25.6 Å². The van der Waals surface area contributed by atoms with Crippen LogP contribution in [0.3, 0.4) is 0 Å². The summed E-state index contributed by atoms with van der Waals surface area (Å²) in [7, 11) is 3.02. The van der Waals surface area contributed by atoms with Crippen molar-refractivity contribution in [1.82, 2.24) is 0 Å². The first-order valence-corrected chi connectivity index (χ1v) is 4.83. The number of methoxy groups -OCH3 is 2. The molecule has 0 spiro atoms. The van der Waals surface area contributed by atoms with Crippen LogP contribution in [0.4, 0.5) is 0 Å². The number of rotatable bonds is 4. The standard InChI is InChI=1S/C9H14O3S/c1-9(10,8(11-2)12-3)7-5-4-6-13-7/h4-6,8,10H,1-3H3. The molecular formula is C9H14O3S. The molecule has 0 amide bonds. The molecule has 13 heavy (non-hydrogen) atoms. The second-order valence-electron chi connectivity index (χ2n) is 2.93. The Kier molecular flexibility index (Phi) is 3.44. The lowest BCUT2D eigenvalue weighted by molar-refractivity contribution is -0.211. The molecule has 1 rings (SSSR count). The van der Waals surface area contributed by atoms with E-state index in [2.05, 4.69) is 0 Å². The van der Waals surface area contributed by atoms with Crippen LogP contribution in [0.1, 0.15) is 11.8 Å². The molecule has 1 aromatic heterocycles. The maximum Gasteiger partial charge on any atom is 0.190 e. The summed E-state index contributed by atoms with van der Waals surface area (Å²) in [6, 6.07) is 3.74. The van der Waals surface area contributed by atoms with E-state index in [1.54, 1.807) is 6.92 Å². The molecule has 1 heterocycles. The van der Waals surface area contributed by atoms with Gasteiger partial charge in [-0.1, -0.05) is 6.07 Å². The number of thiophene rings is 1. The largest absolute Gasteiger partial charge is 0.379 e. The molecule has 74 valence electrons. The van der Waals surface area contributed by atoms with Crippen LogP contribution in [0.25, 0.3) is 0 Å². The average Bonchev–Trinajstić information content (AvgIpc) is 2.58. The van der Waals surface area contributed by atoms with E-state index in [0.29, 0.717) is 0 Å². The molecule has 0 saturated heterocycles. The van der Waals surface area contributed by atoms with Gasteiger partial charge < -0.3 is 14.6 Å². The maximum atomic E-state index is 10.1. The lowest BCUT2D eigenvalue weighted by Gasteiger charge is -2.29. The molecule has 1 atom stereocenters. The molecular weight excluding hydrogens is 188 g/mol. The predicted octanol–water partition coefficient (Wildman–Crippen LogP) is 1.57. The van der Waals surface area contributed by atoms with Crippen molar-refractivity contribution in [3.8, 4) is 0 Å². The highest BCUT2D eigenvalue weighted by atomic mass is 32.1. The first-order chi connectivity index (χ1) is 6.12. The second-order valence-corrected chi connectivity index (χ2v) is 3.88. The van der Waals surface area contributed by atoms with Gasteiger partial charge in [0.05, 0.1) is 0 Å². The molecule has 3 nitrogen and oxygen atoms in total. The lowest BCUT2D eigenvalue weighted by atomic mass is 10.0. The summed E-state index contributed by atoms with van der Waals surface area (Å²) < 4.78 is 10.0. The van der Waals surface area contributed by atoms with Crippen molar-refractivity contribution in [3.05, 3.63) is 22.4 Å². The summed E-state index contributed by atoms with van der Waals surface area (Å²) in [4.78, 5) is 0.834. The zero-order valence-electron chi connectivity index (χ0n) is 7.98. The van der Waals surface area contributed by atoms with Gasteiger partial charge >= 0.3 is 0 Å². The van der Waals surface area contributed by atoms with Crippen LogP contribution in [-0.2, 0) is 15.1 Å². The third-order valence-electron chi connectivity index (χ3n) is 1.91. The van der Waals surface area contributed by atoms with Gasteiger partial charge in [0.1, 0.15) is 5.60 Å². The molecule has 0 saturated carbocycles. The van der Waals surface area contributed by atoms with Gasteiger partial charge in [0.15, 0.2) is 6.29 Å². The number of hydrogen-bond donors (Lipinski definition) is 1. The van der Waals surface area contributed by atoms with Gasteiger partial charge in [-0.3, -0.25) is 0 Å². The number of aliphatic hydroxyl groups is 1. The minimum Gasteiger partial charge on any atom is -0.379 e. The van der Waals surface area contributed by atoms with E-state index in [4.69, 9.17) is 9.47 Å². The summed E-state index contributed by atoms with van der Waals surface area (Å²) in [5, 5.41) is 12.0. The Labute approximate surface area is 81.9 Å². The van der Waals surface area contributed by atoms with Gasteiger partial charge in [-0.05, 0) is 18.4 Å². The van der Waals surface area contributed by atoms with Gasteiger partial charge in [-0.15, -0.1) is 11.3 Å². The monoisotopic (exact) mass is 202 g/mol. The Hall–Kier alpha value is -0.420. The first kappa shape index (κ1) is 10.7. The van der Waals surface area contributed by atoms with E-state index in [1.165, 1.54) is 25.6 Å². The normalized spacial score (nSPS) is 16.1. The molecule has 0 radical (unpaired) electrons. The highest BCUT2D eigenvalue weighted by molar-refractivity contribution is 7.10. The molecule has 1 N–H and O–H groups in total. The predicted molar refractivity (Wildman–Crippen MR) is 51.7 cm³/mol. The molecule has 4 heteroatoms. The molecule has 0 fully saturated rings. The first-order valence-electron chi connectivity index (χ1n) is 3.95. The Balaban J connectivity index is 2.86. The fraction of sp³-hybridized carbons (Fsp3) is 0.556. The van der Waals surface area contributed by atoms with E-state index in [-0.39, 0.29) is 0 Å². The van der Waals surface area contributed by atoms with Gasteiger partial charge in [-0.25, -0.2) is 0 Å². The molecule has 0 bridgehead atoms. The topological polar surface area (TPSA) is 38.7 Å². The van der Waals surface area contributed by atoms with Crippen molar-refractivity contribution in [3.63, 3.8) is 0 Å². The van der Waals surface area contributed by atoms with Gasteiger partial charge in [0.2, 0.25) is 0 Å². The van der Waals surface area contributed by atoms with Crippen LogP contribution < -0.4 is 0 Å². The van der Waals surface area contributed by atoms with Crippen LogP contribution in [0.15, 0.2) is 17.5 Å². The highest BCUT2D eigenvalue weighted by Gasteiger charge is 2.35. The lowest BCUT2D eigenvalue weighted by Crippen LogP contribution is -2.38. The Morgan fingerprint density at radius 2 is 2.08 bits per heavy atom. The van der Waals surface area contributed by atoms with Crippen molar-refractivity contribution < 1.29 is 14.6 Å². The van der Waals surface area contributed by atoms with E-state index >= 15 is 0 Å². The second kappa shape index (κ2) is 4.19. The molecule has 1 unspecified atom stereocenters. The van der Waals surface area contributed by atoms with Crippen molar-refractivity contribution in [2.45, 2.75) is 18.8 Å². The van der Waals surface area contributed by atoms with Crippen molar-refractivity contribution in [2.75, 3.05) is 14.2 Å². The molecule has 0 aliphatic heterocycles. The molecule has 1 aromatic rings. The SMILES string of the molecule is COC(OC)C(C)(O)c1cccs1. The van der Waals surface area contributed by atoms with Crippen molar-refractivity contribution in [1.29, 1.82) is 0 Å². The van der Waals surface area contributed by atoms with Gasteiger partial charge in [0, 0.05) is 19.1 Å². The summed E-state index contributed by atoms with van der Waals surface area (Å²) in [5.74, 6) is 0. The fourth-order valence-corrected chi connectivity index (χ4v) is 2.03. The number of ether oxygens (including phenoxy) is 2. The smallest absolute Gasteiger partial charge is 0.190 e. The van der Waals surface area contributed by atoms with E-state index in [0.717, 1.165) is 4.88 Å². The Morgan fingerprint density at radius 1 is 1.46 bits per heavy atom. The van der Waals surface area contributed by atoms with Crippen LogP contribution in [0.2, 0.25) is 0 Å². The summed E-state index contributed by atoms with van der Waals surface area (Å²) >= 11 is 1.48. The average molecular weight is 202 g/mol. The van der Waals surface area contributed by atoms with Gasteiger partial charge in [-0.2, -0.15) is 0 Å². The number of hydrogen-bond acceptors (Lipinski definition) is 4. The zero-order chi connectivity index (χ0) is 9.90. The van der Waals surface area contributed by atoms with E-state index in [9.17, 15) is 5.11 Å². The van der Waals surface area contributed by atoms with Crippen LogP contribution >= 0.6 is 11.3 Å². The third-order valence-corrected chi connectivity index (χ3v) is 3.00. The summed E-state index contributed by atoms with van der Waals surface area (Å²) in [6.07, 6.45) is -0.633. The minimum atomic E-state index is -1.09. The fourth-order valence-electron chi connectivity index (χ4n) is 1.24. The van der Waals surface area contributed by atoms with Gasteiger partial charge in [0.25, 0.3) is 0 Å². The van der Waals surface area contributed by atoms with Crippen molar-refractivity contribution in [2.24, 2.45) is 0 Å². The quantitative estimate of drug-likeness (QED) is 0.753. The van der Waals surface area contributed by atoms with E-state index in [1.807, 2.05) is 17.5 Å². The summed E-state index contributed by atoms with van der Waals surface area (Å²) in [5.41, 5.74) is -1.09. The Bertz CT molecular complexity index is 239. The van der Waals surface area contributed by atoms with Crippen LogP contribution in [0.5, 0.6) is 0 Å². The minimum absolute atomic E-state index is 0.633. The van der Waals surface area contributed by atoms with E-state index < -0.39 is 11.9 Å². The third kappa shape index (κ3) is 2.08. The van der Waals surface area contributed by atoms with Crippen LogP contribution in [0, 0.1) is 0 Å². The molecule has 0 aliphatic carbocycles. The van der Waals surface area contributed by atoms with Crippen molar-refractivity contribution >= 4 is 11.3 Å². The highest BCUT2D eigenvalue weighted by Crippen LogP contribution is 2.30. The zero-order valence-corrected chi connectivity index (χ0v) is 8.80. The summed E-state index contributed by atoms with van der Waals surface area (Å²) in [6.45, 7) is 1.68. The molecule has 0 aromatic carbocycles.